The third-order valence-electron chi connectivity index (χ3n) is 2.18. The summed E-state index contributed by atoms with van der Waals surface area (Å²) in [6.07, 6.45) is 3.41. The second-order valence-electron chi connectivity index (χ2n) is 3.70. The molecule has 0 fully saturated rings. The number of amides is 1. The number of hydrogen-bond donors (Lipinski definition) is 2. The molecule has 1 heterocycles. The molecule has 0 bridgehead atoms. The van der Waals surface area contributed by atoms with Gasteiger partial charge in [0.1, 0.15) is 12.0 Å². The van der Waals surface area contributed by atoms with Crippen molar-refractivity contribution in [2.75, 3.05) is 6.54 Å². The molecule has 0 aromatic carbocycles. The molecule has 0 saturated carbocycles. The molecule has 1 atom stereocenters. The lowest BCUT2D eigenvalue weighted by Gasteiger charge is -2.10. The monoisotopic (exact) mass is 210 g/mol. The van der Waals surface area contributed by atoms with Gasteiger partial charge >= 0.3 is 0 Å². The van der Waals surface area contributed by atoms with Gasteiger partial charge in [-0.25, -0.2) is 0 Å². The summed E-state index contributed by atoms with van der Waals surface area (Å²) in [5.41, 5.74) is 6.33. The molecule has 0 radical (unpaired) electrons. The quantitative estimate of drug-likeness (QED) is 0.772. The predicted molar refractivity (Wildman–Crippen MR) is 58.7 cm³/mol. The zero-order valence-electron chi connectivity index (χ0n) is 9.25. The van der Waals surface area contributed by atoms with Gasteiger partial charge in [-0.05, 0) is 19.4 Å². The topological polar surface area (TPSA) is 68.3 Å². The van der Waals surface area contributed by atoms with Gasteiger partial charge in [-0.3, -0.25) is 4.79 Å². The Hall–Kier alpha value is -1.29. The van der Waals surface area contributed by atoms with E-state index in [-0.39, 0.29) is 11.9 Å². The Morgan fingerprint density at radius 1 is 1.67 bits per heavy atom. The maximum Gasteiger partial charge on any atom is 0.254 e. The van der Waals surface area contributed by atoms with Crippen LogP contribution in [0.5, 0.6) is 0 Å². The summed E-state index contributed by atoms with van der Waals surface area (Å²) in [7, 11) is 0. The van der Waals surface area contributed by atoms with E-state index in [1.165, 1.54) is 6.26 Å². The second-order valence-corrected chi connectivity index (χ2v) is 3.70. The summed E-state index contributed by atoms with van der Waals surface area (Å²) >= 11 is 0. The Kier molecular flexibility index (Phi) is 4.37. The molecule has 1 unspecified atom stereocenters. The summed E-state index contributed by atoms with van der Waals surface area (Å²) in [5, 5.41) is 2.77. The van der Waals surface area contributed by atoms with Gasteiger partial charge in [0, 0.05) is 12.6 Å². The van der Waals surface area contributed by atoms with Gasteiger partial charge in [0.15, 0.2) is 0 Å². The van der Waals surface area contributed by atoms with E-state index in [2.05, 4.69) is 12.2 Å². The molecule has 1 rings (SSSR count). The third kappa shape index (κ3) is 3.75. The van der Waals surface area contributed by atoms with Crippen molar-refractivity contribution in [2.24, 2.45) is 5.73 Å². The number of carbonyl (C=O) groups excluding carboxylic acids is 1. The highest BCUT2D eigenvalue weighted by Crippen LogP contribution is 2.05. The highest BCUT2D eigenvalue weighted by atomic mass is 16.3. The highest BCUT2D eigenvalue weighted by molar-refractivity contribution is 5.93. The minimum Gasteiger partial charge on any atom is -0.469 e. The van der Waals surface area contributed by atoms with Crippen LogP contribution in [0.3, 0.4) is 0 Å². The fraction of sp³-hybridized carbons (Fsp3) is 0.545. The number of rotatable bonds is 5. The average molecular weight is 210 g/mol. The van der Waals surface area contributed by atoms with Crippen LogP contribution in [-0.4, -0.2) is 18.5 Å². The number of nitrogens with two attached hydrogens (primary N) is 1. The van der Waals surface area contributed by atoms with Crippen LogP contribution in [0.4, 0.5) is 0 Å². The van der Waals surface area contributed by atoms with Crippen molar-refractivity contribution < 1.29 is 9.21 Å². The molecule has 4 nitrogen and oxygen atoms in total. The first-order valence-electron chi connectivity index (χ1n) is 5.22. The highest BCUT2D eigenvalue weighted by Gasteiger charge is 2.09. The van der Waals surface area contributed by atoms with Crippen molar-refractivity contribution in [3.05, 3.63) is 23.7 Å². The van der Waals surface area contributed by atoms with Gasteiger partial charge in [0.25, 0.3) is 5.91 Å². The van der Waals surface area contributed by atoms with E-state index in [1.54, 1.807) is 13.0 Å². The van der Waals surface area contributed by atoms with E-state index in [1.807, 2.05) is 0 Å². The summed E-state index contributed by atoms with van der Waals surface area (Å²) < 4.78 is 5.05. The van der Waals surface area contributed by atoms with Gasteiger partial charge in [-0.15, -0.1) is 0 Å². The fourth-order valence-corrected chi connectivity index (χ4v) is 1.36. The van der Waals surface area contributed by atoms with E-state index in [4.69, 9.17) is 10.2 Å². The maximum atomic E-state index is 11.5. The normalized spacial score (nSPS) is 12.5. The molecule has 0 aliphatic heterocycles. The number of carbonyl (C=O) groups is 1. The number of nitrogens with one attached hydrogen (secondary N) is 1. The predicted octanol–water partition coefficient (Wildman–Crippen LogP) is 1.45. The Morgan fingerprint density at radius 2 is 2.40 bits per heavy atom. The van der Waals surface area contributed by atoms with Crippen molar-refractivity contribution in [3.63, 3.8) is 0 Å². The largest absolute Gasteiger partial charge is 0.469 e. The molecule has 3 N–H and O–H groups in total. The fourth-order valence-electron chi connectivity index (χ4n) is 1.36. The Morgan fingerprint density at radius 3 is 2.93 bits per heavy atom. The zero-order valence-corrected chi connectivity index (χ0v) is 9.25. The molecule has 1 aromatic rings. The molecular formula is C11H18N2O2. The van der Waals surface area contributed by atoms with Crippen LogP contribution in [-0.2, 0) is 0 Å². The van der Waals surface area contributed by atoms with Crippen LogP contribution in [0.15, 0.2) is 16.7 Å². The first kappa shape index (κ1) is 11.8. The lowest BCUT2D eigenvalue weighted by molar-refractivity contribution is 0.0950. The molecule has 1 aromatic heterocycles. The Balaban J connectivity index is 2.36. The van der Waals surface area contributed by atoms with Crippen LogP contribution in [0.2, 0.25) is 0 Å². The van der Waals surface area contributed by atoms with Crippen molar-refractivity contribution >= 4 is 5.91 Å². The van der Waals surface area contributed by atoms with E-state index in [9.17, 15) is 4.79 Å². The van der Waals surface area contributed by atoms with Crippen LogP contribution in [0, 0.1) is 6.92 Å². The van der Waals surface area contributed by atoms with Gasteiger partial charge in [0.05, 0.1) is 5.56 Å². The first-order valence-corrected chi connectivity index (χ1v) is 5.22. The molecule has 0 aliphatic carbocycles. The minimum absolute atomic E-state index is 0.0342. The van der Waals surface area contributed by atoms with Crippen LogP contribution in [0.25, 0.3) is 0 Å². The summed E-state index contributed by atoms with van der Waals surface area (Å²) in [6, 6.07) is 1.74. The van der Waals surface area contributed by atoms with Crippen molar-refractivity contribution in [1.29, 1.82) is 0 Å². The van der Waals surface area contributed by atoms with Crippen LogP contribution >= 0.6 is 0 Å². The smallest absolute Gasteiger partial charge is 0.254 e. The molecule has 0 spiro atoms. The number of hydrogen-bond acceptors (Lipinski definition) is 3. The van der Waals surface area contributed by atoms with Gasteiger partial charge in [0.2, 0.25) is 0 Å². The number of furan rings is 1. The van der Waals surface area contributed by atoms with Gasteiger partial charge < -0.3 is 15.5 Å². The summed E-state index contributed by atoms with van der Waals surface area (Å²) in [4.78, 5) is 11.5. The lowest BCUT2D eigenvalue weighted by Crippen LogP contribution is -2.36. The summed E-state index contributed by atoms with van der Waals surface area (Å²) in [6.45, 7) is 4.39. The molecule has 4 heteroatoms. The van der Waals surface area contributed by atoms with Crippen molar-refractivity contribution in [1.82, 2.24) is 5.32 Å². The van der Waals surface area contributed by atoms with E-state index < -0.39 is 0 Å². The molecular weight excluding hydrogens is 192 g/mol. The zero-order chi connectivity index (χ0) is 11.3. The molecule has 0 saturated heterocycles. The molecule has 0 aliphatic rings. The van der Waals surface area contributed by atoms with Crippen molar-refractivity contribution in [2.45, 2.75) is 32.7 Å². The van der Waals surface area contributed by atoms with Crippen molar-refractivity contribution in [3.8, 4) is 0 Å². The van der Waals surface area contributed by atoms with E-state index >= 15 is 0 Å². The third-order valence-corrected chi connectivity index (χ3v) is 2.18. The SMILES string of the molecule is CCCC(N)CNC(=O)c1coc(C)c1. The van der Waals surface area contributed by atoms with Crippen LogP contribution in [0.1, 0.15) is 35.9 Å². The van der Waals surface area contributed by atoms with Crippen LogP contribution < -0.4 is 11.1 Å². The van der Waals surface area contributed by atoms with Gasteiger partial charge in [-0.1, -0.05) is 13.3 Å². The Bertz CT molecular complexity index is 320. The second kappa shape index (κ2) is 5.56. The average Bonchev–Trinajstić information content (AvgIpc) is 2.62. The molecule has 1 amide bonds. The van der Waals surface area contributed by atoms with Gasteiger partial charge in [-0.2, -0.15) is 0 Å². The molecule has 15 heavy (non-hydrogen) atoms. The first-order chi connectivity index (χ1) is 7.13. The van der Waals surface area contributed by atoms with E-state index in [0.29, 0.717) is 12.1 Å². The lowest BCUT2D eigenvalue weighted by atomic mass is 10.2. The standard InChI is InChI=1S/C11H18N2O2/c1-3-4-10(12)6-13-11(14)9-5-8(2)15-7-9/h5,7,10H,3-4,6,12H2,1-2H3,(H,13,14). The molecule has 84 valence electrons. The van der Waals surface area contributed by atoms with E-state index in [0.717, 1.165) is 18.6 Å². The number of aryl methyl sites for hydroxylation is 1. The minimum atomic E-state index is -0.126. The maximum absolute atomic E-state index is 11.5. The Labute approximate surface area is 89.8 Å². The summed E-state index contributed by atoms with van der Waals surface area (Å²) in [5.74, 6) is 0.608.